The Kier molecular flexibility index (Phi) is 3.52. The van der Waals surface area contributed by atoms with Crippen LogP contribution in [0.5, 0.6) is 0 Å². The monoisotopic (exact) mass is 305 g/mol. The van der Waals surface area contributed by atoms with E-state index in [1.54, 1.807) is 6.07 Å². The summed E-state index contributed by atoms with van der Waals surface area (Å²) in [5, 5.41) is 11.3. The maximum atomic E-state index is 13.4. The van der Waals surface area contributed by atoms with E-state index in [1.165, 1.54) is 12.1 Å². The lowest BCUT2D eigenvalue weighted by molar-refractivity contribution is 0.0624. The molecular weight excluding hydrogens is 289 g/mol. The van der Waals surface area contributed by atoms with Gasteiger partial charge in [0, 0.05) is 12.5 Å². The standard InChI is InChI=1S/C17H17ClFNO/c1-20(2)16-10-17(21,13-6-4-3-5-12(13)16)11-7-8-15(19)14(18)9-11/h3-9,16,21H,10H2,1-2H3. The van der Waals surface area contributed by atoms with Crippen LogP contribution in [-0.4, -0.2) is 24.1 Å². The van der Waals surface area contributed by atoms with Crippen LogP contribution < -0.4 is 0 Å². The maximum Gasteiger partial charge on any atom is 0.141 e. The zero-order valence-electron chi connectivity index (χ0n) is 12.0. The van der Waals surface area contributed by atoms with E-state index in [1.807, 2.05) is 38.4 Å². The van der Waals surface area contributed by atoms with E-state index in [0.29, 0.717) is 12.0 Å². The number of fused-ring (bicyclic) bond motifs is 1. The van der Waals surface area contributed by atoms with Crippen LogP contribution in [0.4, 0.5) is 4.39 Å². The van der Waals surface area contributed by atoms with Crippen molar-refractivity contribution in [2.24, 2.45) is 0 Å². The van der Waals surface area contributed by atoms with Crippen molar-refractivity contribution in [3.8, 4) is 0 Å². The summed E-state index contributed by atoms with van der Waals surface area (Å²) in [4.78, 5) is 2.09. The van der Waals surface area contributed by atoms with Crippen LogP contribution in [0.25, 0.3) is 0 Å². The van der Waals surface area contributed by atoms with Gasteiger partial charge < -0.3 is 10.0 Å². The Morgan fingerprint density at radius 1 is 1.24 bits per heavy atom. The molecule has 1 aliphatic rings. The molecule has 0 amide bonds. The van der Waals surface area contributed by atoms with Crippen LogP contribution >= 0.6 is 11.6 Å². The molecule has 21 heavy (non-hydrogen) atoms. The van der Waals surface area contributed by atoms with Gasteiger partial charge in [0.2, 0.25) is 0 Å². The van der Waals surface area contributed by atoms with Crippen LogP contribution in [0.1, 0.15) is 29.2 Å². The van der Waals surface area contributed by atoms with Crippen molar-refractivity contribution in [3.05, 3.63) is 70.0 Å². The average Bonchev–Trinajstić information content (AvgIpc) is 2.77. The zero-order valence-corrected chi connectivity index (χ0v) is 12.7. The first-order chi connectivity index (χ1) is 9.93. The lowest BCUT2D eigenvalue weighted by Gasteiger charge is -2.26. The fraction of sp³-hybridized carbons (Fsp3) is 0.294. The summed E-state index contributed by atoms with van der Waals surface area (Å²) in [5.41, 5.74) is 1.46. The lowest BCUT2D eigenvalue weighted by Crippen LogP contribution is -2.26. The van der Waals surface area contributed by atoms with Crippen LogP contribution in [0, 0.1) is 5.82 Å². The van der Waals surface area contributed by atoms with Crippen molar-refractivity contribution in [2.75, 3.05) is 14.1 Å². The van der Waals surface area contributed by atoms with Gasteiger partial charge in [-0.1, -0.05) is 41.9 Å². The molecule has 110 valence electrons. The molecule has 0 aromatic heterocycles. The van der Waals surface area contributed by atoms with E-state index in [-0.39, 0.29) is 11.1 Å². The lowest BCUT2D eigenvalue weighted by atomic mass is 9.88. The second-order valence-corrected chi connectivity index (χ2v) is 6.17. The number of halogens is 2. The van der Waals surface area contributed by atoms with Gasteiger partial charge in [0.15, 0.2) is 0 Å². The third kappa shape index (κ3) is 2.26. The van der Waals surface area contributed by atoms with E-state index in [4.69, 9.17) is 11.6 Å². The Hall–Kier alpha value is -1.42. The van der Waals surface area contributed by atoms with Gasteiger partial charge in [-0.3, -0.25) is 0 Å². The van der Waals surface area contributed by atoms with Crippen LogP contribution in [0.15, 0.2) is 42.5 Å². The molecular formula is C17H17ClFNO. The first kappa shape index (κ1) is 14.5. The summed E-state index contributed by atoms with van der Waals surface area (Å²) in [6.45, 7) is 0. The molecule has 2 unspecified atom stereocenters. The summed E-state index contributed by atoms with van der Waals surface area (Å²) >= 11 is 5.88. The van der Waals surface area contributed by atoms with Gasteiger partial charge in [-0.05, 0) is 42.9 Å². The van der Waals surface area contributed by atoms with Gasteiger partial charge >= 0.3 is 0 Å². The van der Waals surface area contributed by atoms with Crippen LogP contribution in [-0.2, 0) is 5.60 Å². The quantitative estimate of drug-likeness (QED) is 0.914. The van der Waals surface area contributed by atoms with Crippen molar-refractivity contribution >= 4 is 11.6 Å². The summed E-state index contributed by atoms with van der Waals surface area (Å²) in [6, 6.07) is 12.4. The fourth-order valence-corrected chi connectivity index (χ4v) is 3.33. The molecule has 1 aliphatic carbocycles. The Morgan fingerprint density at radius 2 is 1.95 bits per heavy atom. The highest BCUT2D eigenvalue weighted by molar-refractivity contribution is 6.30. The van der Waals surface area contributed by atoms with E-state index in [0.717, 1.165) is 11.1 Å². The Balaban J connectivity index is 2.15. The van der Waals surface area contributed by atoms with Gasteiger partial charge in [0.25, 0.3) is 0 Å². The highest BCUT2D eigenvalue weighted by Gasteiger charge is 2.44. The number of nitrogens with zero attached hydrogens (tertiary/aromatic N) is 1. The predicted molar refractivity (Wildman–Crippen MR) is 81.9 cm³/mol. The SMILES string of the molecule is CN(C)C1CC(O)(c2ccc(F)c(Cl)c2)c2ccccc21. The van der Waals surface area contributed by atoms with Crippen molar-refractivity contribution < 1.29 is 9.50 Å². The van der Waals surface area contributed by atoms with Crippen molar-refractivity contribution in [1.29, 1.82) is 0 Å². The molecule has 4 heteroatoms. The molecule has 0 radical (unpaired) electrons. The molecule has 0 aliphatic heterocycles. The molecule has 1 N–H and O–H groups in total. The molecule has 3 rings (SSSR count). The molecule has 2 aromatic rings. The number of aliphatic hydroxyl groups is 1. The number of hydrogen-bond acceptors (Lipinski definition) is 2. The highest BCUT2D eigenvalue weighted by atomic mass is 35.5. The van der Waals surface area contributed by atoms with E-state index < -0.39 is 11.4 Å². The second kappa shape index (κ2) is 5.09. The van der Waals surface area contributed by atoms with Gasteiger partial charge in [0.1, 0.15) is 11.4 Å². The van der Waals surface area contributed by atoms with Crippen molar-refractivity contribution in [1.82, 2.24) is 4.90 Å². The van der Waals surface area contributed by atoms with E-state index in [9.17, 15) is 9.50 Å². The Morgan fingerprint density at radius 3 is 2.62 bits per heavy atom. The predicted octanol–water partition coefficient (Wildman–Crippen LogP) is 3.72. The highest BCUT2D eigenvalue weighted by Crippen LogP contribution is 2.49. The Labute approximate surface area is 128 Å². The van der Waals surface area contributed by atoms with Gasteiger partial charge in [-0.25, -0.2) is 4.39 Å². The van der Waals surface area contributed by atoms with Crippen LogP contribution in [0.3, 0.4) is 0 Å². The normalized spacial score (nSPS) is 24.4. The smallest absolute Gasteiger partial charge is 0.141 e. The first-order valence-corrected chi connectivity index (χ1v) is 7.25. The average molecular weight is 306 g/mol. The topological polar surface area (TPSA) is 23.5 Å². The number of benzene rings is 2. The molecule has 0 saturated heterocycles. The fourth-order valence-electron chi connectivity index (χ4n) is 3.15. The molecule has 2 aromatic carbocycles. The molecule has 0 bridgehead atoms. The second-order valence-electron chi connectivity index (χ2n) is 5.76. The minimum Gasteiger partial charge on any atom is -0.380 e. The molecule has 2 atom stereocenters. The van der Waals surface area contributed by atoms with E-state index >= 15 is 0 Å². The Bertz CT molecular complexity index is 688. The maximum absolute atomic E-state index is 13.4. The van der Waals surface area contributed by atoms with E-state index in [2.05, 4.69) is 4.90 Å². The van der Waals surface area contributed by atoms with Gasteiger partial charge in [-0.2, -0.15) is 0 Å². The van der Waals surface area contributed by atoms with Crippen molar-refractivity contribution in [3.63, 3.8) is 0 Å². The molecule has 0 fully saturated rings. The third-order valence-electron chi connectivity index (χ3n) is 4.27. The summed E-state index contributed by atoms with van der Waals surface area (Å²) in [6.07, 6.45) is 0.529. The first-order valence-electron chi connectivity index (χ1n) is 6.87. The zero-order chi connectivity index (χ0) is 15.2. The largest absolute Gasteiger partial charge is 0.380 e. The molecule has 2 nitrogen and oxygen atoms in total. The summed E-state index contributed by atoms with van der Waals surface area (Å²) in [5.74, 6) is -0.473. The number of rotatable bonds is 2. The summed E-state index contributed by atoms with van der Waals surface area (Å²) < 4.78 is 13.4. The van der Waals surface area contributed by atoms with Gasteiger partial charge in [0.05, 0.1) is 5.02 Å². The number of hydrogen-bond donors (Lipinski definition) is 1. The summed E-state index contributed by atoms with van der Waals surface area (Å²) in [7, 11) is 3.98. The minimum atomic E-state index is -1.14. The molecule has 0 heterocycles. The molecule has 0 saturated carbocycles. The molecule has 0 spiro atoms. The minimum absolute atomic E-state index is 0.0340. The van der Waals surface area contributed by atoms with Crippen LogP contribution in [0.2, 0.25) is 5.02 Å². The van der Waals surface area contributed by atoms with Gasteiger partial charge in [-0.15, -0.1) is 0 Å². The van der Waals surface area contributed by atoms with Crippen molar-refractivity contribution in [2.45, 2.75) is 18.1 Å². The third-order valence-corrected chi connectivity index (χ3v) is 4.56.